The number of carbonyl (C=O) groups excluding carboxylic acids is 1. The van der Waals surface area contributed by atoms with Crippen molar-refractivity contribution in [3.8, 4) is 0 Å². The van der Waals surface area contributed by atoms with Crippen molar-refractivity contribution in [1.29, 1.82) is 0 Å². The summed E-state index contributed by atoms with van der Waals surface area (Å²) >= 11 is 0. The number of ether oxygens (including phenoxy) is 1. The molecule has 0 aromatic carbocycles. The van der Waals surface area contributed by atoms with Crippen LogP contribution in [0, 0.1) is 6.92 Å². The summed E-state index contributed by atoms with van der Waals surface area (Å²) in [5.74, 6) is -0.529. The number of esters is 1. The third-order valence-corrected chi connectivity index (χ3v) is 3.20. The molecule has 0 N–H and O–H groups in total. The molecule has 6 nitrogen and oxygen atoms in total. The zero-order valence-corrected chi connectivity index (χ0v) is 11.8. The summed E-state index contributed by atoms with van der Waals surface area (Å²) in [7, 11) is 3.05. The molecule has 0 radical (unpaired) electrons. The van der Waals surface area contributed by atoms with Gasteiger partial charge in [0.25, 0.3) is 5.56 Å². The van der Waals surface area contributed by atoms with Crippen LogP contribution in [-0.2, 0) is 18.3 Å². The van der Waals surface area contributed by atoms with Crippen LogP contribution in [0.1, 0.15) is 22.5 Å². The second-order valence-corrected chi connectivity index (χ2v) is 4.53. The van der Waals surface area contributed by atoms with Crippen molar-refractivity contribution in [3.05, 3.63) is 40.3 Å². The maximum atomic E-state index is 12.5. The Hall–Kier alpha value is -2.37. The van der Waals surface area contributed by atoms with Crippen LogP contribution in [0.25, 0.3) is 11.0 Å². The van der Waals surface area contributed by atoms with E-state index >= 15 is 0 Å². The molecule has 2 aromatic rings. The molecule has 106 valence electrons. The topological polar surface area (TPSA) is 66.1 Å². The molecule has 0 fully saturated rings. The Bertz CT molecular complexity index is 740. The molecule has 2 heterocycles. The predicted molar refractivity (Wildman–Crippen MR) is 75.9 cm³/mol. The van der Waals surface area contributed by atoms with Crippen molar-refractivity contribution in [2.75, 3.05) is 7.11 Å². The maximum absolute atomic E-state index is 12.5. The minimum atomic E-state index is -0.529. The molecule has 0 saturated heterocycles. The second-order valence-electron chi connectivity index (χ2n) is 4.53. The van der Waals surface area contributed by atoms with Gasteiger partial charge in [-0.2, -0.15) is 0 Å². The normalized spacial score (nSPS) is 10.8. The van der Waals surface area contributed by atoms with Crippen LogP contribution >= 0.6 is 0 Å². The summed E-state index contributed by atoms with van der Waals surface area (Å²) in [6.45, 7) is 5.92. The molecule has 0 saturated carbocycles. The molecule has 0 aliphatic heterocycles. The van der Waals surface area contributed by atoms with Crippen LogP contribution in [0.2, 0.25) is 0 Å². The van der Waals surface area contributed by atoms with E-state index in [1.165, 1.54) is 7.11 Å². The highest BCUT2D eigenvalue weighted by molar-refractivity contribution is 6.02. The van der Waals surface area contributed by atoms with Gasteiger partial charge in [0.1, 0.15) is 5.39 Å². The van der Waals surface area contributed by atoms with Crippen LogP contribution in [0.3, 0.4) is 0 Å². The summed E-state index contributed by atoms with van der Waals surface area (Å²) in [6, 6.07) is 1.58. The first kappa shape index (κ1) is 14.0. The van der Waals surface area contributed by atoms with E-state index in [2.05, 4.69) is 11.6 Å². The van der Waals surface area contributed by atoms with E-state index in [0.717, 1.165) is 0 Å². The largest absolute Gasteiger partial charge is 0.465 e. The number of hydrogen-bond donors (Lipinski definition) is 0. The third kappa shape index (κ3) is 2.13. The van der Waals surface area contributed by atoms with E-state index in [1.807, 2.05) is 0 Å². The highest BCUT2D eigenvalue weighted by atomic mass is 16.5. The summed E-state index contributed by atoms with van der Waals surface area (Å²) in [4.78, 5) is 28.7. The van der Waals surface area contributed by atoms with E-state index in [4.69, 9.17) is 4.74 Å². The van der Waals surface area contributed by atoms with E-state index in [1.54, 1.807) is 35.5 Å². The number of fused-ring (bicyclic) bond motifs is 1. The number of rotatable bonds is 4. The number of aromatic nitrogens is 3. The lowest BCUT2D eigenvalue weighted by atomic mass is 10.1. The van der Waals surface area contributed by atoms with Gasteiger partial charge >= 0.3 is 5.97 Å². The molecule has 0 aliphatic carbocycles. The van der Waals surface area contributed by atoms with Gasteiger partial charge in [0, 0.05) is 19.3 Å². The van der Waals surface area contributed by atoms with Crippen LogP contribution in [-0.4, -0.2) is 27.4 Å². The first-order valence-corrected chi connectivity index (χ1v) is 6.27. The molecule has 0 bridgehead atoms. The summed E-state index contributed by atoms with van der Waals surface area (Å²) in [6.07, 6.45) is 2.40. The lowest BCUT2D eigenvalue weighted by molar-refractivity contribution is 0.0602. The fourth-order valence-corrected chi connectivity index (χ4v) is 2.22. The first-order valence-electron chi connectivity index (χ1n) is 6.27. The molecule has 0 atom stereocenters. The monoisotopic (exact) mass is 275 g/mol. The van der Waals surface area contributed by atoms with E-state index < -0.39 is 5.97 Å². The van der Waals surface area contributed by atoms with Gasteiger partial charge in [0.05, 0.1) is 12.7 Å². The Kier molecular flexibility index (Phi) is 3.74. The Morgan fingerprint density at radius 3 is 2.85 bits per heavy atom. The maximum Gasteiger partial charge on any atom is 0.338 e. The van der Waals surface area contributed by atoms with Crippen molar-refractivity contribution >= 4 is 17.0 Å². The van der Waals surface area contributed by atoms with Gasteiger partial charge in [0.15, 0.2) is 5.65 Å². The minimum absolute atomic E-state index is 0.239. The quantitative estimate of drug-likeness (QED) is 0.625. The average molecular weight is 275 g/mol. The Morgan fingerprint density at radius 1 is 1.55 bits per heavy atom. The van der Waals surface area contributed by atoms with Gasteiger partial charge in [-0.25, -0.2) is 14.5 Å². The van der Waals surface area contributed by atoms with Crippen LogP contribution in [0.15, 0.2) is 23.5 Å². The molecule has 0 aliphatic rings. The molecule has 20 heavy (non-hydrogen) atoms. The molecule has 0 spiro atoms. The van der Waals surface area contributed by atoms with Gasteiger partial charge < -0.3 is 4.74 Å². The fourth-order valence-electron chi connectivity index (χ4n) is 2.22. The highest BCUT2D eigenvalue weighted by Gasteiger charge is 2.20. The Morgan fingerprint density at radius 2 is 2.25 bits per heavy atom. The predicted octanol–water partition coefficient (Wildman–Crippen LogP) is 1.41. The second kappa shape index (κ2) is 5.32. The van der Waals surface area contributed by atoms with E-state index in [0.29, 0.717) is 29.7 Å². The van der Waals surface area contributed by atoms with Crippen molar-refractivity contribution in [1.82, 2.24) is 14.3 Å². The third-order valence-electron chi connectivity index (χ3n) is 3.20. The zero-order valence-electron chi connectivity index (χ0n) is 11.8. The molecular formula is C14H17N3O3. The number of pyridine rings is 1. The Balaban J connectivity index is 2.80. The Labute approximate surface area is 116 Å². The van der Waals surface area contributed by atoms with Crippen molar-refractivity contribution in [2.24, 2.45) is 7.05 Å². The van der Waals surface area contributed by atoms with Gasteiger partial charge in [-0.05, 0) is 19.4 Å². The first-order chi connectivity index (χ1) is 9.51. The van der Waals surface area contributed by atoms with Gasteiger partial charge in [0.2, 0.25) is 0 Å². The molecule has 2 rings (SSSR count). The number of hydrogen-bond acceptors (Lipinski definition) is 4. The lowest BCUT2D eigenvalue weighted by Gasteiger charge is -2.05. The molecular weight excluding hydrogens is 258 g/mol. The van der Waals surface area contributed by atoms with Gasteiger partial charge in [-0.3, -0.25) is 9.48 Å². The van der Waals surface area contributed by atoms with Crippen LogP contribution < -0.4 is 5.56 Å². The van der Waals surface area contributed by atoms with Gasteiger partial charge in [-0.1, -0.05) is 6.08 Å². The fraction of sp³-hybridized carbons (Fsp3) is 0.357. The van der Waals surface area contributed by atoms with Crippen LogP contribution in [0.5, 0.6) is 0 Å². The van der Waals surface area contributed by atoms with Crippen LogP contribution in [0.4, 0.5) is 0 Å². The smallest absolute Gasteiger partial charge is 0.338 e. The van der Waals surface area contributed by atoms with Crippen molar-refractivity contribution in [3.63, 3.8) is 0 Å². The molecule has 0 unspecified atom stereocenters. The SMILES string of the molecule is C=CCCn1c(=O)c2c(C(=O)OC)cc(C)nc2n1C. The summed E-state index contributed by atoms with van der Waals surface area (Å²) < 4.78 is 7.96. The summed E-state index contributed by atoms with van der Waals surface area (Å²) in [5.41, 5.74) is 1.17. The van der Waals surface area contributed by atoms with Crippen molar-refractivity contribution < 1.29 is 9.53 Å². The highest BCUT2D eigenvalue weighted by Crippen LogP contribution is 2.16. The summed E-state index contributed by atoms with van der Waals surface area (Å²) in [5, 5.41) is 0.300. The average Bonchev–Trinajstić information content (AvgIpc) is 2.67. The van der Waals surface area contributed by atoms with E-state index in [9.17, 15) is 9.59 Å². The van der Waals surface area contributed by atoms with Crippen molar-refractivity contribution in [2.45, 2.75) is 19.9 Å². The molecule has 0 amide bonds. The number of allylic oxidation sites excluding steroid dienone is 1. The molecule has 6 heteroatoms. The van der Waals surface area contributed by atoms with E-state index in [-0.39, 0.29) is 11.1 Å². The number of nitrogens with zero attached hydrogens (tertiary/aromatic N) is 3. The zero-order chi connectivity index (χ0) is 14.9. The number of carbonyl (C=O) groups is 1. The standard InChI is InChI=1S/C14H17N3O3/c1-5-6-7-17-13(18)11-10(14(19)20-4)8-9(2)15-12(11)16(17)3/h5,8H,1,6-7H2,2-4H3. The number of methoxy groups -OCH3 is 1. The van der Waals surface area contributed by atoms with Gasteiger partial charge in [-0.15, -0.1) is 6.58 Å². The number of aryl methyl sites for hydroxylation is 2. The molecule has 2 aromatic heterocycles. The lowest BCUT2D eigenvalue weighted by Crippen LogP contribution is -2.21. The minimum Gasteiger partial charge on any atom is -0.465 e.